The fourth-order valence-corrected chi connectivity index (χ4v) is 2.54. The SMILES string of the molecule is COc1ccc(C(=O)COc2ccc([N+](=O)[O-])c(C)c2)cc1Br. The number of aryl methyl sites for hydroxylation is 1. The highest BCUT2D eigenvalue weighted by Crippen LogP contribution is 2.26. The lowest BCUT2D eigenvalue weighted by molar-refractivity contribution is -0.385. The molecule has 0 spiro atoms. The molecule has 0 radical (unpaired) electrons. The molecule has 0 saturated heterocycles. The molecule has 6 nitrogen and oxygen atoms in total. The average molecular weight is 380 g/mol. The number of carbonyl (C=O) groups is 1. The van der Waals surface area contributed by atoms with Gasteiger partial charge in [-0.3, -0.25) is 14.9 Å². The molecular formula is C16H14BrNO5. The van der Waals surface area contributed by atoms with Crippen LogP contribution in [0.5, 0.6) is 11.5 Å². The molecule has 0 aliphatic rings. The van der Waals surface area contributed by atoms with Gasteiger partial charge in [-0.15, -0.1) is 0 Å². The lowest BCUT2D eigenvalue weighted by atomic mass is 10.1. The van der Waals surface area contributed by atoms with Crippen molar-refractivity contribution in [3.63, 3.8) is 0 Å². The zero-order valence-electron chi connectivity index (χ0n) is 12.5. The van der Waals surface area contributed by atoms with Gasteiger partial charge in [-0.2, -0.15) is 0 Å². The van der Waals surface area contributed by atoms with Crippen molar-refractivity contribution >= 4 is 27.4 Å². The van der Waals surface area contributed by atoms with E-state index in [9.17, 15) is 14.9 Å². The number of nitro benzene ring substituents is 1. The molecule has 23 heavy (non-hydrogen) atoms. The Bertz CT molecular complexity index is 760. The fourth-order valence-electron chi connectivity index (χ4n) is 1.99. The summed E-state index contributed by atoms with van der Waals surface area (Å²) in [6.07, 6.45) is 0. The normalized spacial score (nSPS) is 10.2. The van der Waals surface area contributed by atoms with Gasteiger partial charge >= 0.3 is 0 Å². The second-order valence-electron chi connectivity index (χ2n) is 4.77. The van der Waals surface area contributed by atoms with Crippen molar-refractivity contribution in [2.75, 3.05) is 13.7 Å². The molecule has 0 bridgehead atoms. The first kappa shape index (κ1) is 17.0. The summed E-state index contributed by atoms with van der Waals surface area (Å²) in [5.41, 5.74) is 0.978. The molecular weight excluding hydrogens is 366 g/mol. The highest BCUT2D eigenvalue weighted by Gasteiger charge is 2.13. The van der Waals surface area contributed by atoms with Crippen LogP contribution in [-0.2, 0) is 0 Å². The molecule has 7 heteroatoms. The third-order valence-corrected chi connectivity index (χ3v) is 3.83. The molecule has 0 amide bonds. The van der Waals surface area contributed by atoms with E-state index in [0.29, 0.717) is 27.1 Å². The predicted molar refractivity (Wildman–Crippen MR) is 88.4 cm³/mol. The van der Waals surface area contributed by atoms with Crippen LogP contribution in [0.1, 0.15) is 15.9 Å². The van der Waals surface area contributed by atoms with E-state index in [1.807, 2.05) is 0 Å². The van der Waals surface area contributed by atoms with Gasteiger partial charge in [-0.05, 0) is 53.2 Å². The number of ketones is 1. The summed E-state index contributed by atoms with van der Waals surface area (Å²) in [6.45, 7) is 1.46. The van der Waals surface area contributed by atoms with E-state index in [-0.39, 0.29) is 18.1 Å². The van der Waals surface area contributed by atoms with Gasteiger partial charge < -0.3 is 9.47 Å². The molecule has 0 heterocycles. The highest BCUT2D eigenvalue weighted by molar-refractivity contribution is 9.10. The highest BCUT2D eigenvalue weighted by atomic mass is 79.9. The quantitative estimate of drug-likeness (QED) is 0.431. The van der Waals surface area contributed by atoms with Crippen molar-refractivity contribution in [1.29, 1.82) is 0 Å². The molecule has 0 atom stereocenters. The van der Waals surface area contributed by atoms with Crippen LogP contribution in [0.4, 0.5) is 5.69 Å². The molecule has 0 saturated carbocycles. The Balaban J connectivity index is 2.06. The van der Waals surface area contributed by atoms with E-state index in [0.717, 1.165) is 0 Å². The summed E-state index contributed by atoms with van der Waals surface area (Å²) in [4.78, 5) is 22.4. The summed E-state index contributed by atoms with van der Waals surface area (Å²) in [5, 5.41) is 10.8. The zero-order valence-corrected chi connectivity index (χ0v) is 14.1. The van der Waals surface area contributed by atoms with E-state index in [1.54, 1.807) is 32.2 Å². The number of nitrogens with zero attached hydrogens (tertiary/aromatic N) is 1. The van der Waals surface area contributed by atoms with Crippen LogP contribution in [0.25, 0.3) is 0 Å². The Hall–Kier alpha value is -2.41. The largest absolute Gasteiger partial charge is 0.496 e. The van der Waals surface area contributed by atoms with Gasteiger partial charge in [0.2, 0.25) is 0 Å². The van der Waals surface area contributed by atoms with E-state index in [1.165, 1.54) is 18.2 Å². The number of hydrogen-bond donors (Lipinski definition) is 0. The maximum Gasteiger partial charge on any atom is 0.272 e. The molecule has 2 aromatic rings. The second-order valence-corrected chi connectivity index (χ2v) is 5.62. The number of carbonyl (C=O) groups excluding carboxylic acids is 1. The van der Waals surface area contributed by atoms with Crippen molar-refractivity contribution in [3.8, 4) is 11.5 Å². The maximum atomic E-state index is 12.1. The summed E-state index contributed by atoms with van der Waals surface area (Å²) in [5.74, 6) is 0.840. The third-order valence-electron chi connectivity index (χ3n) is 3.21. The Morgan fingerprint density at radius 2 is 2.00 bits per heavy atom. The van der Waals surface area contributed by atoms with E-state index in [4.69, 9.17) is 9.47 Å². The van der Waals surface area contributed by atoms with Crippen LogP contribution >= 0.6 is 15.9 Å². The van der Waals surface area contributed by atoms with Gasteiger partial charge in [0.15, 0.2) is 12.4 Å². The predicted octanol–water partition coefficient (Wildman–Crippen LogP) is 3.94. The van der Waals surface area contributed by atoms with Crippen LogP contribution < -0.4 is 9.47 Å². The second kappa shape index (κ2) is 7.23. The minimum Gasteiger partial charge on any atom is -0.496 e. The van der Waals surface area contributed by atoms with Gasteiger partial charge in [0.25, 0.3) is 5.69 Å². The number of methoxy groups -OCH3 is 1. The van der Waals surface area contributed by atoms with Crippen molar-refractivity contribution in [1.82, 2.24) is 0 Å². The number of benzene rings is 2. The van der Waals surface area contributed by atoms with E-state index < -0.39 is 4.92 Å². The summed E-state index contributed by atoms with van der Waals surface area (Å²) >= 11 is 3.32. The van der Waals surface area contributed by atoms with Gasteiger partial charge in [-0.25, -0.2) is 0 Å². The van der Waals surface area contributed by atoms with E-state index >= 15 is 0 Å². The van der Waals surface area contributed by atoms with Crippen molar-refractivity contribution in [2.45, 2.75) is 6.92 Å². The monoisotopic (exact) mass is 379 g/mol. The molecule has 0 fully saturated rings. The van der Waals surface area contributed by atoms with E-state index in [2.05, 4.69) is 15.9 Å². The van der Waals surface area contributed by atoms with Crippen molar-refractivity contribution < 1.29 is 19.2 Å². The Morgan fingerprint density at radius 1 is 1.26 bits per heavy atom. The molecule has 0 unspecified atom stereocenters. The minimum absolute atomic E-state index is 0.0164. The standard InChI is InChI=1S/C16H14BrNO5/c1-10-7-12(4-5-14(10)18(20)21)23-9-15(19)11-3-6-16(22-2)13(17)8-11/h3-8H,9H2,1-2H3. The van der Waals surface area contributed by atoms with Gasteiger partial charge in [-0.1, -0.05) is 0 Å². The van der Waals surface area contributed by atoms with Crippen LogP contribution in [0.3, 0.4) is 0 Å². The van der Waals surface area contributed by atoms with Crippen LogP contribution in [0.2, 0.25) is 0 Å². The van der Waals surface area contributed by atoms with Crippen molar-refractivity contribution in [2.24, 2.45) is 0 Å². The van der Waals surface area contributed by atoms with Crippen LogP contribution in [0.15, 0.2) is 40.9 Å². The number of hydrogen-bond acceptors (Lipinski definition) is 5. The maximum absolute atomic E-state index is 12.1. The fraction of sp³-hybridized carbons (Fsp3) is 0.188. The summed E-state index contributed by atoms with van der Waals surface area (Å²) in [6, 6.07) is 9.37. The lowest BCUT2D eigenvalue weighted by Gasteiger charge is -2.08. The van der Waals surface area contributed by atoms with Gasteiger partial charge in [0.05, 0.1) is 16.5 Å². The molecule has 0 aliphatic heterocycles. The third kappa shape index (κ3) is 4.07. The number of Topliss-reactive ketones (excluding diaryl/α,β-unsaturated/α-hetero) is 1. The molecule has 120 valence electrons. The topological polar surface area (TPSA) is 78.7 Å². The number of ether oxygens (including phenoxy) is 2. The first-order valence-electron chi connectivity index (χ1n) is 6.67. The molecule has 0 aromatic heterocycles. The molecule has 0 N–H and O–H groups in total. The molecule has 2 rings (SSSR count). The van der Waals surface area contributed by atoms with Crippen LogP contribution in [0, 0.1) is 17.0 Å². The van der Waals surface area contributed by atoms with Gasteiger partial charge in [0.1, 0.15) is 11.5 Å². The molecule has 2 aromatic carbocycles. The average Bonchev–Trinajstić information content (AvgIpc) is 2.52. The minimum atomic E-state index is -0.459. The number of rotatable bonds is 6. The number of nitro groups is 1. The summed E-state index contributed by atoms with van der Waals surface area (Å²) < 4.78 is 11.2. The first-order valence-corrected chi connectivity index (χ1v) is 7.46. The zero-order chi connectivity index (χ0) is 17.0. The first-order chi connectivity index (χ1) is 10.9. The Morgan fingerprint density at radius 3 is 2.57 bits per heavy atom. The number of halogens is 1. The Labute approximate surface area is 141 Å². The van der Waals surface area contributed by atoms with Crippen LogP contribution in [-0.4, -0.2) is 24.4 Å². The Kier molecular flexibility index (Phi) is 5.33. The summed E-state index contributed by atoms with van der Waals surface area (Å²) in [7, 11) is 1.54. The lowest BCUT2D eigenvalue weighted by Crippen LogP contribution is -2.11. The smallest absolute Gasteiger partial charge is 0.272 e. The van der Waals surface area contributed by atoms with Gasteiger partial charge in [0, 0.05) is 17.2 Å². The van der Waals surface area contributed by atoms with Crippen molar-refractivity contribution in [3.05, 3.63) is 62.1 Å². The molecule has 0 aliphatic carbocycles.